The molecule has 11 heteroatoms. The fraction of sp³-hybridized carbons (Fsp3) is 0.269. The van der Waals surface area contributed by atoms with E-state index in [0.717, 1.165) is 30.5 Å². The third-order valence-electron chi connectivity index (χ3n) is 5.67. The monoisotopic (exact) mass is 523 g/mol. The third-order valence-corrected chi connectivity index (χ3v) is 5.67. The van der Waals surface area contributed by atoms with E-state index in [1.807, 2.05) is 0 Å². The lowest BCUT2D eigenvalue weighted by Gasteiger charge is -2.27. The Morgan fingerprint density at radius 3 is 1.92 bits per heavy atom. The first-order valence-corrected chi connectivity index (χ1v) is 11.0. The third kappa shape index (κ3) is 6.60. The van der Waals surface area contributed by atoms with Crippen molar-refractivity contribution in [1.82, 2.24) is 4.98 Å². The van der Waals surface area contributed by atoms with Crippen molar-refractivity contribution in [3.8, 4) is 11.5 Å². The van der Waals surface area contributed by atoms with Gasteiger partial charge >= 0.3 is 12.1 Å². The molecule has 2 aromatic carbocycles. The van der Waals surface area contributed by atoms with E-state index in [2.05, 4.69) is 4.98 Å². The van der Waals surface area contributed by atoms with Crippen LogP contribution in [0.5, 0.6) is 11.5 Å². The number of hydrogen-bond donors (Lipinski definition) is 1. The molecule has 3 rings (SSSR count). The van der Waals surface area contributed by atoms with Gasteiger partial charge in [0.15, 0.2) is 28.9 Å². The van der Waals surface area contributed by atoms with Crippen LogP contribution in [-0.4, -0.2) is 41.2 Å². The number of carbonyl (C=O) groups is 2. The average molecular weight is 523 g/mol. The number of nitrogens with zero attached hydrogens (tertiary/aromatic N) is 1. The number of aromatic nitrogens is 1. The number of methoxy groups -OCH3 is 1. The smallest absolute Gasteiger partial charge is 0.402 e. The van der Waals surface area contributed by atoms with E-state index in [0.29, 0.717) is 11.1 Å². The first kappa shape index (κ1) is 27.6. The molecule has 0 spiro atoms. The van der Waals surface area contributed by atoms with Crippen LogP contribution < -0.4 is 4.74 Å². The van der Waals surface area contributed by atoms with Crippen LogP contribution in [0, 0.1) is 17.6 Å². The molecule has 1 N–H and O–H groups in total. The van der Waals surface area contributed by atoms with Gasteiger partial charge in [-0.05, 0) is 42.3 Å². The van der Waals surface area contributed by atoms with E-state index < -0.39 is 65.4 Å². The molecule has 0 bridgehead atoms. The normalized spacial score (nSPS) is 13.2. The fourth-order valence-corrected chi connectivity index (χ4v) is 3.83. The molecule has 1 unspecified atom stereocenters. The van der Waals surface area contributed by atoms with Crippen LogP contribution in [0.15, 0.2) is 60.8 Å². The number of esters is 1. The van der Waals surface area contributed by atoms with Crippen molar-refractivity contribution >= 4 is 11.8 Å². The Labute approximate surface area is 208 Å². The van der Waals surface area contributed by atoms with E-state index in [9.17, 15) is 36.6 Å². The van der Waals surface area contributed by atoms with Crippen molar-refractivity contribution in [2.24, 2.45) is 5.92 Å². The number of alkyl halides is 3. The molecule has 0 aliphatic rings. The second-order valence-corrected chi connectivity index (χ2v) is 8.15. The van der Waals surface area contributed by atoms with Crippen LogP contribution in [0.1, 0.15) is 40.9 Å². The fourth-order valence-electron chi connectivity index (χ4n) is 3.83. The molecule has 0 aliphatic carbocycles. The Morgan fingerprint density at radius 1 is 0.946 bits per heavy atom. The summed E-state index contributed by atoms with van der Waals surface area (Å²) in [6, 6.07) is 11.2. The van der Waals surface area contributed by atoms with E-state index in [-0.39, 0.29) is 5.75 Å². The summed E-state index contributed by atoms with van der Waals surface area (Å²) in [5, 5.41) is 10.1. The molecule has 0 fully saturated rings. The van der Waals surface area contributed by atoms with Crippen molar-refractivity contribution in [1.29, 1.82) is 0 Å². The molecule has 0 amide bonds. The van der Waals surface area contributed by atoms with Gasteiger partial charge in [-0.1, -0.05) is 24.3 Å². The second kappa shape index (κ2) is 11.4. The van der Waals surface area contributed by atoms with Crippen LogP contribution >= 0.6 is 0 Å². The van der Waals surface area contributed by atoms with Crippen LogP contribution in [0.3, 0.4) is 0 Å². The van der Waals surface area contributed by atoms with E-state index >= 15 is 0 Å². The summed E-state index contributed by atoms with van der Waals surface area (Å²) in [5.41, 5.74) is 0.113. The molecule has 0 radical (unpaired) electrons. The summed E-state index contributed by atoms with van der Waals surface area (Å²) in [5.74, 6) is -8.78. The molecule has 196 valence electrons. The number of pyridine rings is 1. The summed E-state index contributed by atoms with van der Waals surface area (Å²) in [4.78, 5) is 28.9. The minimum Gasteiger partial charge on any atom is -0.503 e. The number of ether oxygens (including phenoxy) is 2. The molecule has 37 heavy (non-hydrogen) atoms. The van der Waals surface area contributed by atoms with Gasteiger partial charge < -0.3 is 14.6 Å². The highest BCUT2D eigenvalue weighted by Gasteiger charge is 2.48. The summed E-state index contributed by atoms with van der Waals surface area (Å²) >= 11 is 0. The maximum absolute atomic E-state index is 13.8. The quantitative estimate of drug-likeness (QED) is 0.224. The summed E-state index contributed by atoms with van der Waals surface area (Å²) < 4.78 is 78.4. The Kier molecular flexibility index (Phi) is 8.46. The van der Waals surface area contributed by atoms with Gasteiger partial charge in [0.2, 0.25) is 0 Å². The Morgan fingerprint density at radius 2 is 1.46 bits per heavy atom. The maximum atomic E-state index is 13.8. The Hall–Kier alpha value is -4.02. The first-order chi connectivity index (χ1) is 17.4. The van der Waals surface area contributed by atoms with Gasteiger partial charge in [0.05, 0.1) is 7.11 Å². The van der Waals surface area contributed by atoms with Crippen molar-refractivity contribution in [2.45, 2.75) is 31.5 Å². The molecular weight excluding hydrogens is 501 g/mol. The van der Waals surface area contributed by atoms with Gasteiger partial charge in [0.25, 0.3) is 0 Å². The number of rotatable bonds is 9. The number of carbonyl (C=O) groups excluding carboxylic acids is 2. The zero-order valence-electron chi connectivity index (χ0n) is 19.6. The van der Waals surface area contributed by atoms with Gasteiger partial charge in [0.1, 0.15) is 17.7 Å². The number of Topliss-reactive ketones (excluding diaryl/α,β-unsaturated/α-hetero) is 1. The first-order valence-electron chi connectivity index (χ1n) is 11.0. The van der Waals surface area contributed by atoms with Crippen molar-refractivity contribution in [2.75, 3.05) is 7.11 Å². The Balaban J connectivity index is 1.88. The molecule has 1 heterocycles. The van der Waals surface area contributed by atoms with Crippen molar-refractivity contribution < 1.29 is 46.1 Å². The predicted molar refractivity (Wildman–Crippen MR) is 121 cm³/mol. The van der Waals surface area contributed by atoms with E-state index in [4.69, 9.17) is 9.47 Å². The highest BCUT2D eigenvalue weighted by atomic mass is 19.4. The highest BCUT2D eigenvalue weighted by molar-refractivity contribution is 5.99. The lowest BCUT2D eigenvalue weighted by atomic mass is 9.87. The number of hydrogen-bond acceptors (Lipinski definition) is 6. The second-order valence-electron chi connectivity index (χ2n) is 8.15. The Bertz CT molecular complexity index is 1200. The zero-order chi connectivity index (χ0) is 27.3. The van der Waals surface area contributed by atoms with Crippen molar-refractivity contribution in [3.05, 3.63) is 89.2 Å². The van der Waals surface area contributed by atoms with Gasteiger partial charge in [-0.3, -0.25) is 9.59 Å². The molecule has 2 atom stereocenters. The topological polar surface area (TPSA) is 85.7 Å². The average Bonchev–Trinajstić information content (AvgIpc) is 2.84. The standard InChI is InChI=1S/C26H22F5NO5/c1-14(22(15-3-7-17(27)8-4-15)16-5-9-18(28)10-6-16)37-25(35)19(26(29,30)31)13-20(33)23-24(34)21(36-2)11-12-32-23/h3-12,14,19,22,34H,13H2,1-2H3/t14-,19?/m0/s1. The largest absolute Gasteiger partial charge is 0.503 e. The van der Waals surface area contributed by atoms with Crippen LogP contribution in [0.4, 0.5) is 22.0 Å². The minimum absolute atomic E-state index is 0.181. The number of benzene rings is 2. The molecule has 0 aliphatic heterocycles. The zero-order valence-corrected chi connectivity index (χ0v) is 19.6. The molecule has 0 saturated carbocycles. The van der Waals surface area contributed by atoms with Gasteiger partial charge in [-0.2, -0.15) is 13.2 Å². The van der Waals surface area contributed by atoms with Gasteiger partial charge in [-0.15, -0.1) is 0 Å². The van der Waals surface area contributed by atoms with Crippen LogP contribution in [0.2, 0.25) is 0 Å². The van der Waals surface area contributed by atoms with Gasteiger partial charge in [0, 0.05) is 24.6 Å². The van der Waals surface area contributed by atoms with Crippen molar-refractivity contribution in [3.63, 3.8) is 0 Å². The molecule has 1 aromatic heterocycles. The van der Waals surface area contributed by atoms with E-state index in [1.165, 1.54) is 44.4 Å². The van der Waals surface area contributed by atoms with Gasteiger partial charge in [-0.25, -0.2) is 13.8 Å². The lowest BCUT2D eigenvalue weighted by Crippen LogP contribution is -2.37. The molecule has 6 nitrogen and oxygen atoms in total. The molecule has 3 aromatic rings. The van der Waals surface area contributed by atoms with E-state index in [1.54, 1.807) is 0 Å². The number of aromatic hydroxyl groups is 1. The summed E-state index contributed by atoms with van der Waals surface area (Å²) in [7, 11) is 1.18. The lowest BCUT2D eigenvalue weighted by molar-refractivity contribution is -0.200. The molecule has 0 saturated heterocycles. The maximum Gasteiger partial charge on any atom is 0.402 e. The highest BCUT2D eigenvalue weighted by Crippen LogP contribution is 2.36. The SMILES string of the molecule is COc1ccnc(C(=O)CC(C(=O)O[C@@H](C)C(c2ccc(F)cc2)c2ccc(F)cc2)C(F)(F)F)c1O. The number of halogens is 5. The molecular formula is C26H22F5NO5. The number of ketones is 1. The van der Waals surface area contributed by atoms with Crippen LogP contribution in [0.25, 0.3) is 0 Å². The minimum atomic E-state index is -5.16. The summed E-state index contributed by atoms with van der Waals surface area (Å²) in [6.07, 6.45) is -6.71. The summed E-state index contributed by atoms with van der Waals surface area (Å²) in [6.45, 7) is 1.33. The predicted octanol–water partition coefficient (Wildman–Crippen LogP) is 5.59. The van der Waals surface area contributed by atoms with Crippen LogP contribution in [-0.2, 0) is 9.53 Å².